The van der Waals surface area contributed by atoms with Crippen molar-refractivity contribution in [2.24, 2.45) is 5.92 Å². The second kappa shape index (κ2) is 7.92. The second-order valence-electron chi connectivity index (χ2n) is 5.05. The lowest BCUT2D eigenvalue weighted by Crippen LogP contribution is -2.19. The number of allylic oxidation sites excluding steroid dienone is 1. The first-order chi connectivity index (χ1) is 7.33. The zero-order valence-corrected chi connectivity index (χ0v) is 10.3. The second-order valence-corrected chi connectivity index (χ2v) is 5.05. The summed E-state index contributed by atoms with van der Waals surface area (Å²) in [5.74, 6) is 0.903. The van der Waals surface area contributed by atoms with E-state index in [4.69, 9.17) is 0 Å². The smallest absolute Gasteiger partial charge is 0.00682 e. The van der Waals surface area contributed by atoms with Crippen LogP contribution in [-0.4, -0.2) is 12.6 Å². The molecule has 0 aromatic rings. The molecule has 0 saturated heterocycles. The van der Waals surface area contributed by atoms with Crippen LogP contribution in [0.15, 0.2) is 12.7 Å². The topological polar surface area (TPSA) is 12.0 Å². The molecule has 0 aromatic carbocycles. The highest BCUT2D eigenvalue weighted by Gasteiger charge is 2.19. The van der Waals surface area contributed by atoms with Gasteiger partial charge in [-0.25, -0.2) is 0 Å². The van der Waals surface area contributed by atoms with Crippen molar-refractivity contribution in [3.63, 3.8) is 0 Å². The fraction of sp³-hybridized carbons (Fsp3) is 0.857. The summed E-state index contributed by atoms with van der Waals surface area (Å²) < 4.78 is 0. The summed E-state index contributed by atoms with van der Waals surface area (Å²) in [4.78, 5) is 0. The third-order valence-corrected chi connectivity index (χ3v) is 3.25. The fourth-order valence-corrected chi connectivity index (χ4v) is 1.92. The van der Waals surface area contributed by atoms with Crippen molar-refractivity contribution in [3.05, 3.63) is 12.7 Å². The predicted molar refractivity (Wildman–Crippen MR) is 68.1 cm³/mol. The molecule has 1 aliphatic carbocycles. The van der Waals surface area contributed by atoms with Gasteiger partial charge in [-0.3, -0.25) is 0 Å². The van der Waals surface area contributed by atoms with Gasteiger partial charge in [-0.2, -0.15) is 0 Å². The summed E-state index contributed by atoms with van der Waals surface area (Å²) in [7, 11) is 0. The van der Waals surface area contributed by atoms with Crippen LogP contribution in [-0.2, 0) is 0 Å². The molecule has 1 N–H and O–H groups in total. The summed E-state index contributed by atoms with van der Waals surface area (Å²) in [6, 6.07) is 0.879. The quantitative estimate of drug-likeness (QED) is 0.425. The Kier molecular flexibility index (Phi) is 6.74. The molecule has 1 fully saturated rings. The molecule has 0 aliphatic heterocycles. The molecule has 0 radical (unpaired) electrons. The first kappa shape index (κ1) is 12.8. The van der Waals surface area contributed by atoms with Crippen molar-refractivity contribution in [1.82, 2.24) is 5.32 Å². The molecule has 1 nitrogen and oxygen atoms in total. The van der Waals surface area contributed by atoms with E-state index in [1.165, 1.54) is 57.9 Å². The van der Waals surface area contributed by atoms with Gasteiger partial charge in [0.15, 0.2) is 0 Å². The highest BCUT2D eigenvalue weighted by molar-refractivity contribution is 4.80. The molecule has 1 aliphatic rings. The fourth-order valence-electron chi connectivity index (χ4n) is 1.92. The molecule has 1 saturated carbocycles. The van der Waals surface area contributed by atoms with Crippen molar-refractivity contribution in [1.29, 1.82) is 0 Å². The minimum Gasteiger partial charge on any atom is -0.314 e. The Hall–Kier alpha value is -0.300. The van der Waals surface area contributed by atoms with E-state index in [9.17, 15) is 0 Å². The normalized spacial score (nSPS) is 17.7. The summed E-state index contributed by atoms with van der Waals surface area (Å²) in [6.07, 6.45) is 12.9. The van der Waals surface area contributed by atoms with Crippen LogP contribution in [0.25, 0.3) is 0 Å². The van der Waals surface area contributed by atoms with Crippen LogP contribution >= 0.6 is 0 Å². The first-order valence-corrected chi connectivity index (χ1v) is 6.67. The third kappa shape index (κ3) is 7.61. The number of hydrogen-bond acceptors (Lipinski definition) is 1. The van der Waals surface area contributed by atoms with Gasteiger partial charge in [0, 0.05) is 6.04 Å². The van der Waals surface area contributed by atoms with Gasteiger partial charge in [-0.15, -0.1) is 6.58 Å². The zero-order chi connectivity index (χ0) is 10.9. The Morgan fingerprint density at radius 3 is 2.73 bits per heavy atom. The maximum atomic E-state index is 3.75. The van der Waals surface area contributed by atoms with Crippen molar-refractivity contribution >= 4 is 0 Å². The van der Waals surface area contributed by atoms with E-state index < -0.39 is 0 Å². The largest absolute Gasteiger partial charge is 0.314 e. The Morgan fingerprint density at radius 1 is 1.27 bits per heavy atom. The van der Waals surface area contributed by atoms with Crippen LogP contribution in [0.4, 0.5) is 0 Å². The molecule has 0 heterocycles. The molecule has 1 heteroatoms. The van der Waals surface area contributed by atoms with Crippen LogP contribution in [0.2, 0.25) is 0 Å². The van der Waals surface area contributed by atoms with Gasteiger partial charge in [0.1, 0.15) is 0 Å². The standard InChI is InChI=1S/C14H27N/c1-3-4-5-6-7-8-13(2)11-12-15-14-9-10-14/h3,13-15H,1,4-12H2,2H3. The maximum Gasteiger partial charge on any atom is 0.00682 e. The van der Waals surface area contributed by atoms with Gasteiger partial charge in [-0.05, 0) is 44.6 Å². The lowest BCUT2D eigenvalue weighted by atomic mass is 9.99. The number of hydrogen-bond donors (Lipinski definition) is 1. The van der Waals surface area contributed by atoms with Crippen molar-refractivity contribution in [2.75, 3.05) is 6.54 Å². The molecular weight excluding hydrogens is 182 g/mol. The lowest BCUT2D eigenvalue weighted by Gasteiger charge is -2.11. The first-order valence-electron chi connectivity index (χ1n) is 6.67. The summed E-state index contributed by atoms with van der Waals surface area (Å²) in [5, 5.41) is 3.58. The van der Waals surface area contributed by atoms with E-state index >= 15 is 0 Å². The van der Waals surface area contributed by atoms with Gasteiger partial charge >= 0.3 is 0 Å². The average molecular weight is 209 g/mol. The molecule has 15 heavy (non-hydrogen) atoms. The Balaban J connectivity index is 1.79. The van der Waals surface area contributed by atoms with Gasteiger partial charge in [0.25, 0.3) is 0 Å². The average Bonchev–Trinajstić information content (AvgIpc) is 3.01. The van der Waals surface area contributed by atoms with E-state index in [0.29, 0.717) is 0 Å². The SMILES string of the molecule is C=CCCCCCC(C)CCNC1CC1. The molecule has 0 bridgehead atoms. The molecule has 0 amide bonds. The zero-order valence-electron chi connectivity index (χ0n) is 10.3. The highest BCUT2D eigenvalue weighted by Crippen LogP contribution is 2.19. The van der Waals surface area contributed by atoms with Crippen molar-refractivity contribution in [3.8, 4) is 0 Å². The molecular formula is C14H27N. The van der Waals surface area contributed by atoms with Crippen LogP contribution in [0.5, 0.6) is 0 Å². The lowest BCUT2D eigenvalue weighted by molar-refractivity contribution is 0.445. The molecule has 0 spiro atoms. The van der Waals surface area contributed by atoms with E-state index in [-0.39, 0.29) is 0 Å². The minimum absolute atomic E-state index is 0.879. The Labute approximate surface area is 95.3 Å². The van der Waals surface area contributed by atoms with Crippen LogP contribution in [0.1, 0.15) is 58.3 Å². The number of nitrogens with one attached hydrogen (secondary N) is 1. The van der Waals surface area contributed by atoms with Gasteiger partial charge < -0.3 is 5.32 Å². The molecule has 1 rings (SSSR count). The van der Waals surface area contributed by atoms with E-state index in [1.54, 1.807) is 0 Å². The summed E-state index contributed by atoms with van der Waals surface area (Å²) in [6.45, 7) is 7.37. The van der Waals surface area contributed by atoms with E-state index in [1.807, 2.05) is 6.08 Å². The molecule has 0 aromatic heterocycles. The molecule has 88 valence electrons. The number of unbranched alkanes of at least 4 members (excludes halogenated alkanes) is 3. The van der Waals surface area contributed by atoms with E-state index in [0.717, 1.165) is 12.0 Å². The minimum atomic E-state index is 0.879. The Bertz CT molecular complexity index is 161. The summed E-state index contributed by atoms with van der Waals surface area (Å²) in [5.41, 5.74) is 0. The number of rotatable bonds is 10. The van der Waals surface area contributed by atoms with Crippen LogP contribution in [0, 0.1) is 5.92 Å². The predicted octanol–water partition coefficient (Wildman–Crippen LogP) is 3.90. The van der Waals surface area contributed by atoms with Crippen LogP contribution < -0.4 is 5.32 Å². The van der Waals surface area contributed by atoms with Gasteiger partial charge in [0.05, 0.1) is 0 Å². The molecule has 1 unspecified atom stereocenters. The Morgan fingerprint density at radius 2 is 2.07 bits per heavy atom. The van der Waals surface area contributed by atoms with Crippen molar-refractivity contribution < 1.29 is 0 Å². The van der Waals surface area contributed by atoms with E-state index in [2.05, 4.69) is 18.8 Å². The third-order valence-electron chi connectivity index (χ3n) is 3.25. The molecule has 1 atom stereocenters. The highest BCUT2D eigenvalue weighted by atomic mass is 14.9. The van der Waals surface area contributed by atoms with Gasteiger partial charge in [0.2, 0.25) is 0 Å². The monoisotopic (exact) mass is 209 g/mol. The van der Waals surface area contributed by atoms with Crippen molar-refractivity contribution in [2.45, 2.75) is 64.3 Å². The summed E-state index contributed by atoms with van der Waals surface area (Å²) >= 11 is 0. The van der Waals surface area contributed by atoms with Crippen LogP contribution in [0.3, 0.4) is 0 Å². The van der Waals surface area contributed by atoms with Gasteiger partial charge in [-0.1, -0.05) is 32.3 Å². The maximum absolute atomic E-state index is 3.75.